The van der Waals surface area contributed by atoms with Gasteiger partial charge in [0.1, 0.15) is 11.9 Å². The molecule has 2 heterocycles. The molecule has 0 saturated carbocycles. The molecule has 0 bridgehead atoms. The third-order valence-corrected chi connectivity index (χ3v) is 4.74. The summed E-state index contributed by atoms with van der Waals surface area (Å²) in [5, 5.41) is 13.8. The van der Waals surface area contributed by atoms with E-state index in [-0.39, 0.29) is 37.5 Å². The molecule has 8 nitrogen and oxygen atoms in total. The summed E-state index contributed by atoms with van der Waals surface area (Å²) in [6.45, 7) is -0.603. The third-order valence-electron chi connectivity index (χ3n) is 3.81. The number of nitrogen functional groups attached to an aromatic ring is 1. The van der Waals surface area contributed by atoms with Gasteiger partial charge in [-0.3, -0.25) is 19.8 Å². The third kappa shape index (κ3) is 4.63. The zero-order valence-electron chi connectivity index (χ0n) is 13.6. The Balaban J connectivity index is 2.05. The van der Waals surface area contributed by atoms with Crippen molar-refractivity contribution in [2.75, 3.05) is 13.1 Å². The Kier molecular flexibility index (Phi) is 6.39. The minimum Gasteiger partial charge on any atom is -0.384 e. The Morgan fingerprint density at radius 1 is 1.46 bits per heavy atom. The highest BCUT2D eigenvalue weighted by atomic mass is 32.1. The molecule has 1 aromatic heterocycles. The van der Waals surface area contributed by atoms with E-state index >= 15 is 0 Å². The SMILES string of the molecule is N=C(N)c1csc(CNC(=O)C2CC(=C(F)F)CN2C(=O)CNC=O)c1. The summed E-state index contributed by atoms with van der Waals surface area (Å²) < 4.78 is 25.8. The number of thiophene rings is 1. The lowest BCUT2D eigenvalue weighted by Gasteiger charge is -2.23. The average Bonchev–Trinajstić information content (AvgIpc) is 3.24. The van der Waals surface area contributed by atoms with E-state index in [2.05, 4.69) is 10.6 Å². The van der Waals surface area contributed by atoms with Crippen LogP contribution in [0.5, 0.6) is 0 Å². The molecular formula is C15H17F2N5O3S. The van der Waals surface area contributed by atoms with Crippen molar-refractivity contribution < 1.29 is 23.2 Å². The van der Waals surface area contributed by atoms with Gasteiger partial charge in [-0.2, -0.15) is 8.78 Å². The number of amidine groups is 1. The maximum Gasteiger partial charge on any atom is 0.271 e. The maximum absolute atomic E-state index is 12.9. The normalized spacial score (nSPS) is 16.3. The Morgan fingerprint density at radius 3 is 2.77 bits per heavy atom. The number of likely N-dealkylation sites (tertiary alicyclic amines) is 1. The fourth-order valence-corrected chi connectivity index (χ4v) is 3.32. The van der Waals surface area contributed by atoms with Crippen LogP contribution in [0.2, 0.25) is 0 Å². The highest BCUT2D eigenvalue weighted by Gasteiger charge is 2.38. The minimum absolute atomic E-state index is 0.0951. The zero-order chi connectivity index (χ0) is 19.3. The number of nitrogens with two attached hydrogens (primary N) is 1. The number of amides is 3. The first-order valence-electron chi connectivity index (χ1n) is 7.52. The van der Waals surface area contributed by atoms with Crippen LogP contribution in [0, 0.1) is 5.41 Å². The molecule has 1 saturated heterocycles. The molecule has 11 heteroatoms. The molecule has 26 heavy (non-hydrogen) atoms. The molecule has 0 radical (unpaired) electrons. The fourth-order valence-electron chi connectivity index (χ4n) is 2.49. The number of carbonyl (C=O) groups excluding carboxylic acids is 3. The van der Waals surface area contributed by atoms with Crippen molar-refractivity contribution in [3.05, 3.63) is 33.5 Å². The number of hydrogen-bond acceptors (Lipinski definition) is 5. The van der Waals surface area contributed by atoms with Gasteiger partial charge in [-0.15, -0.1) is 11.3 Å². The van der Waals surface area contributed by atoms with Crippen LogP contribution in [0.1, 0.15) is 16.9 Å². The van der Waals surface area contributed by atoms with Crippen LogP contribution in [0.25, 0.3) is 0 Å². The van der Waals surface area contributed by atoms with Gasteiger partial charge in [0.2, 0.25) is 18.2 Å². The van der Waals surface area contributed by atoms with Gasteiger partial charge in [0, 0.05) is 34.4 Å². The van der Waals surface area contributed by atoms with E-state index < -0.39 is 23.9 Å². The summed E-state index contributed by atoms with van der Waals surface area (Å²) in [5.74, 6) is -1.29. The van der Waals surface area contributed by atoms with Crippen LogP contribution in [0.4, 0.5) is 8.78 Å². The van der Waals surface area contributed by atoms with Crippen molar-refractivity contribution in [2.45, 2.75) is 19.0 Å². The summed E-state index contributed by atoms with van der Waals surface area (Å²) in [7, 11) is 0. The number of hydrogen-bond donors (Lipinski definition) is 4. The Labute approximate surface area is 151 Å². The number of nitrogens with zero attached hydrogens (tertiary/aromatic N) is 1. The largest absolute Gasteiger partial charge is 0.384 e. The summed E-state index contributed by atoms with van der Waals surface area (Å²) in [4.78, 5) is 36.5. The fraction of sp³-hybridized carbons (Fsp3) is 0.333. The van der Waals surface area contributed by atoms with E-state index in [1.807, 2.05) is 0 Å². The lowest BCUT2D eigenvalue weighted by atomic mass is 10.1. The highest BCUT2D eigenvalue weighted by Crippen LogP contribution is 2.27. The van der Waals surface area contributed by atoms with Gasteiger partial charge >= 0.3 is 0 Å². The highest BCUT2D eigenvalue weighted by molar-refractivity contribution is 7.10. The van der Waals surface area contributed by atoms with Gasteiger partial charge in [0.15, 0.2) is 0 Å². The standard InChI is InChI=1S/C15H17F2N5O3S/c16-13(17)8-2-11(22(5-8)12(24)4-20-7-23)15(25)21-3-10-1-9(6-26-10)14(18)19/h1,6-7,11H,2-5H2,(H3,18,19)(H,20,23)(H,21,25). The summed E-state index contributed by atoms with van der Waals surface area (Å²) >= 11 is 1.29. The second kappa shape index (κ2) is 8.52. The number of carbonyl (C=O) groups is 3. The second-order valence-electron chi connectivity index (χ2n) is 5.54. The Morgan fingerprint density at radius 2 is 2.19 bits per heavy atom. The summed E-state index contributed by atoms with van der Waals surface area (Å²) in [6.07, 6.45) is -1.85. The average molecular weight is 385 g/mol. The van der Waals surface area contributed by atoms with E-state index in [0.717, 1.165) is 9.78 Å². The molecule has 140 valence electrons. The van der Waals surface area contributed by atoms with E-state index in [1.54, 1.807) is 11.4 Å². The van der Waals surface area contributed by atoms with Crippen molar-refractivity contribution in [1.29, 1.82) is 5.41 Å². The van der Waals surface area contributed by atoms with Crippen LogP contribution in [-0.4, -0.2) is 48.1 Å². The summed E-state index contributed by atoms with van der Waals surface area (Å²) in [6, 6.07) is 0.575. The van der Waals surface area contributed by atoms with E-state index in [4.69, 9.17) is 11.1 Å². The first kappa shape index (κ1) is 19.5. The molecule has 1 atom stereocenters. The molecule has 5 N–H and O–H groups in total. The molecule has 1 aliphatic rings. The molecular weight excluding hydrogens is 368 g/mol. The predicted octanol–water partition coefficient (Wildman–Crippen LogP) is 0.146. The molecule has 0 spiro atoms. The van der Waals surface area contributed by atoms with Crippen molar-refractivity contribution in [2.24, 2.45) is 5.73 Å². The smallest absolute Gasteiger partial charge is 0.271 e. The van der Waals surface area contributed by atoms with Crippen molar-refractivity contribution in [1.82, 2.24) is 15.5 Å². The van der Waals surface area contributed by atoms with Crippen LogP contribution >= 0.6 is 11.3 Å². The van der Waals surface area contributed by atoms with Gasteiger partial charge in [-0.25, -0.2) is 0 Å². The summed E-state index contributed by atoms with van der Waals surface area (Å²) in [5.41, 5.74) is 5.62. The number of nitrogens with one attached hydrogen (secondary N) is 3. The molecule has 0 aromatic carbocycles. The molecule has 3 amide bonds. The van der Waals surface area contributed by atoms with E-state index in [1.165, 1.54) is 11.3 Å². The molecule has 1 aliphatic heterocycles. The van der Waals surface area contributed by atoms with Crippen molar-refractivity contribution in [3.8, 4) is 0 Å². The topological polar surface area (TPSA) is 128 Å². The van der Waals surface area contributed by atoms with Crippen molar-refractivity contribution >= 4 is 35.4 Å². The van der Waals surface area contributed by atoms with E-state index in [9.17, 15) is 23.2 Å². The quantitative estimate of drug-likeness (QED) is 0.302. The maximum atomic E-state index is 12.9. The Hall–Kier alpha value is -2.82. The molecule has 1 fully saturated rings. The minimum atomic E-state index is -1.91. The lowest BCUT2D eigenvalue weighted by Crippen LogP contribution is -2.48. The van der Waals surface area contributed by atoms with Gasteiger partial charge in [-0.1, -0.05) is 0 Å². The van der Waals surface area contributed by atoms with Crippen molar-refractivity contribution in [3.63, 3.8) is 0 Å². The Bertz CT molecular complexity index is 760. The van der Waals surface area contributed by atoms with Crippen LogP contribution in [-0.2, 0) is 20.9 Å². The van der Waals surface area contributed by atoms with Gasteiger partial charge in [0.25, 0.3) is 6.08 Å². The van der Waals surface area contributed by atoms with Crippen LogP contribution in [0.3, 0.4) is 0 Å². The van der Waals surface area contributed by atoms with E-state index in [0.29, 0.717) is 12.0 Å². The zero-order valence-corrected chi connectivity index (χ0v) is 14.4. The molecule has 0 aliphatic carbocycles. The first-order valence-corrected chi connectivity index (χ1v) is 8.40. The van der Waals surface area contributed by atoms with Gasteiger partial charge < -0.3 is 21.3 Å². The predicted molar refractivity (Wildman–Crippen MR) is 90.6 cm³/mol. The molecule has 1 aromatic rings. The lowest BCUT2D eigenvalue weighted by molar-refractivity contribution is -0.138. The molecule has 1 unspecified atom stereocenters. The van der Waals surface area contributed by atoms with Crippen LogP contribution < -0.4 is 16.4 Å². The van der Waals surface area contributed by atoms with Crippen LogP contribution in [0.15, 0.2) is 23.1 Å². The molecule has 2 rings (SSSR count). The van der Waals surface area contributed by atoms with Gasteiger partial charge in [-0.05, 0) is 6.07 Å². The van der Waals surface area contributed by atoms with Gasteiger partial charge in [0.05, 0.1) is 13.1 Å². The number of halogens is 2. The monoisotopic (exact) mass is 385 g/mol. The first-order chi connectivity index (χ1) is 12.3. The number of rotatable bonds is 7. The second-order valence-corrected chi connectivity index (χ2v) is 6.53.